The van der Waals surface area contributed by atoms with E-state index in [1.807, 2.05) is 0 Å². The summed E-state index contributed by atoms with van der Waals surface area (Å²) in [6.45, 7) is 3.24. The number of halogens is 1. The van der Waals surface area contributed by atoms with E-state index in [0.29, 0.717) is 23.9 Å². The van der Waals surface area contributed by atoms with Crippen LogP contribution in [-0.4, -0.2) is 34.9 Å². The number of nitrogens with zero attached hydrogens (tertiary/aromatic N) is 1. The third-order valence-corrected chi connectivity index (χ3v) is 3.93. The standard InChI is InChI=1S/C14H18ClNO2/c1-10-4-2-6-12(13(10)17)14(18)16-7-3-5-11(8-15)9-16/h2,4,6,11,17H,3,5,7-9H2,1H3. The molecule has 1 atom stereocenters. The van der Waals surface area contributed by atoms with Crippen LogP contribution in [0.5, 0.6) is 5.75 Å². The largest absolute Gasteiger partial charge is 0.507 e. The number of phenols is 1. The van der Waals surface area contributed by atoms with E-state index in [4.69, 9.17) is 11.6 Å². The second-order valence-electron chi connectivity index (χ2n) is 4.88. The Kier molecular flexibility index (Phi) is 4.12. The van der Waals surface area contributed by atoms with Crippen LogP contribution in [0.25, 0.3) is 0 Å². The van der Waals surface area contributed by atoms with E-state index in [2.05, 4.69) is 0 Å². The van der Waals surface area contributed by atoms with Gasteiger partial charge in [-0.05, 0) is 37.3 Å². The predicted octanol–water partition coefficient (Wildman–Crippen LogP) is 2.79. The van der Waals surface area contributed by atoms with Gasteiger partial charge in [-0.1, -0.05) is 12.1 Å². The lowest BCUT2D eigenvalue weighted by Gasteiger charge is -2.32. The van der Waals surface area contributed by atoms with E-state index >= 15 is 0 Å². The number of benzene rings is 1. The summed E-state index contributed by atoms with van der Waals surface area (Å²) in [5.74, 6) is 0.960. The van der Waals surface area contributed by atoms with Crippen molar-refractivity contribution in [1.29, 1.82) is 0 Å². The van der Waals surface area contributed by atoms with E-state index in [1.165, 1.54) is 0 Å². The molecule has 1 aromatic rings. The van der Waals surface area contributed by atoms with E-state index in [1.54, 1.807) is 30.0 Å². The zero-order valence-corrected chi connectivity index (χ0v) is 11.3. The first kappa shape index (κ1) is 13.2. The Balaban J connectivity index is 2.18. The molecule has 0 bridgehead atoms. The van der Waals surface area contributed by atoms with Crippen molar-refractivity contribution in [2.75, 3.05) is 19.0 Å². The van der Waals surface area contributed by atoms with Crippen LogP contribution >= 0.6 is 11.6 Å². The Bertz CT molecular complexity index is 447. The van der Waals surface area contributed by atoms with Gasteiger partial charge in [0.15, 0.2) is 0 Å². The van der Waals surface area contributed by atoms with E-state index in [9.17, 15) is 9.90 Å². The molecule has 1 aliphatic heterocycles. The van der Waals surface area contributed by atoms with Crippen LogP contribution < -0.4 is 0 Å². The van der Waals surface area contributed by atoms with Gasteiger partial charge in [0, 0.05) is 19.0 Å². The zero-order chi connectivity index (χ0) is 13.1. The number of phenolic OH excluding ortho intramolecular Hbond substituents is 1. The van der Waals surface area contributed by atoms with Gasteiger partial charge in [0.05, 0.1) is 5.56 Å². The van der Waals surface area contributed by atoms with Gasteiger partial charge in [-0.3, -0.25) is 4.79 Å². The summed E-state index contributed by atoms with van der Waals surface area (Å²) in [4.78, 5) is 14.2. The van der Waals surface area contributed by atoms with Crippen LogP contribution in [0.4, 0.5) is 0 Å². The Morgan fingerprint density at radius 2 is 2.33 bits per heavy atom. The average Bonchev–Trinajstić information content (AvgIpc) is 2.41. The molecule has 1 fully saturated rings. The Morgan fingerprint density at radius 1 is 1.56 bits per heavy atom. The zero-order valence-electron chi connectivity index (χ0n) is 10.5. The topological polar surface area (TPSA) is 40.5 Å². The highest BCUT2D eigenvalue weighted by Crippen LogP contribution is 2.25. The molecule has 1 heterocycles. The van der Waals surface area contributed by atoms with E-state index in [0.717, 1.165) is 24.9 Å². The fraction of sp³-hybridized carbons (Fsp3) is 0.500. The SMILES string of the molecule is Cc1cccc(C(=O)N2CCCC(CCl)C2)c1O. The lowest BCUT2D eigenvalue weighted by atomic mass is 9.99. The average molecular weight is 268 g/mol. The molecule has 98 valence electrons. The van der Waals surface area contributed by atoms with Gasteiger partial charge in [0.1, 0.15) is 5.75 Å². The maximum atomic E-state index is 12.4. The number of amides is 1. The fourth-order valence-electron chi connectivity index (χ4n) is 2.38. The number of rotatable bonds is 2. The fourth-order valence-corrected chi connectivity index (χ4v) is 2.63. The van der Waals surface area contributed by atoms with Gasteiger partial charge in [-0.2, -0.15) is 0 Å². The first-order valence-corrected chi connectivity index (χ1v) is 6.80. The van der Waals surface area contributed by atoms with Gasteiger partial charge in [-0.15, -0.1) is 11.6 Å². The molecule has 1 aliphatic rings. The van der Waals surface area contributed by atoms with Gasteiger partial charge in [0.2, 0.25) is 0 Å². The molecule has 2 rings (SSSR count). The minimum absolute atomic E-state index is 0.0917. The van der Waals surface area contributed by atoms with Gasteiger partial charge in [0.25, 0.3) is 5.91 Å². The van der Waals surface area contributed by atoms with Crippen molar-refractivity contribution in [3.63, 3.8) is 0 Å². The summed E-state index contributed by atoms with van der Waals surface area (Å²) in [6, 6.07) is 5.27. The maximum absolute atomic E-state index is 12.4. The highest BCUT2D eigenvalue weighted by atomic mass is 35.5. The number of alkyl halides is 1. The summed E-state index contributed by atoms with van der Waals surface area (Å²) >= 11 is 5.87. The van der Waals surface area contributed by atoms with Crippen molar-refractivity contribution in [3.05, 3.63) is 29.3 Å². The number of hydrogen-bond acceptors (Lipinski definition) is 2. The number of aromatic hydroxyl groups is 1. The lowest BCUT2D eigenvalue weighted by Crippen LogP contribution is -2.40. The monoisotopic (exact) mass is 267 g/mol. The number of likely N-dealkylation sites (tertiary alicyclic amines) is 1. The van der Waals surface area contributed by atoms with Crippen LogP contribution in [0.1, 0.15) is 28.8 Å². The van der Waals surface area contributed by atoms with Crippen molar-refractivity contribution >= 4 is 17.5 Å². The Morgan fingerprint density at radius 3 is 3.06 bits per heavy atom. The predicted molar refractivity (Wildman–Crippen MR) is 72.2 cm³/mol. The number of hydrogen-bond donors (Lipinski definition) is 1. The Labute approximate surface area is 112 Å². The van der Waals surface area contributed by atoms with E-state index < -0.39 is 0 Å². The number of carbonyl (C=O) groups is 1. The van der Waals surface area contributed by atoms with Crippen LogP contribution in [0.3, 0.4) is 0 Å². The molecule has 0 aliphatic carbocycles. The molecule has 1 amide bonds. The first-order chi connectivity index (χ1) is 8.63. The highest BCUT2D eigenvalue weighted by Gasteiger charge is 2.25. The van der Waals surface area contributed by atoms with Gasteiger partial charge >= 0.3 is 0 Å². The van der Waals surface area contributed by atoms with Crippen LogP contribution in [0.15, 0.2) is 18.2 Å². The van der Waals surface area contributed by atoms with Crippen LogP contribution in [0, 0.1) is 12.8 Å². The summed E-state index contributed by atoms with van der Waals surface area (Å²) in [5.41, 5.74) is 1.12. The number of carbonyl (C=O) groups excluding carboxylic acids is 1. The summed E-state index contributed by atoms with van der Waals surface area (Å²) < 4.78 is 0. The molecule has 1 N–H and O–H groups in total. The molecule has 0 aromatic heterocycles. The maximum Gasteiger partial charge on any atom is 0.257 e. The lowest BCUT2D eigenvalue weighted by molar-refractivity contribution is 0.0681. The van der Waals surface area contributed by atoms with Crippen molar-refractivity contribution in [2.45, 2.75) is 19.8 Å². The molecule has 1 saturated heterocycles. The summed E-state index contributed by atoms with van der Waals surface area (Å²) in [7, 11) is 0. The highest BCUT2D eigenvalue weighted by molar-refractivity contribution is 6.18. The third kappa shape index (κ3) is 2.61. The van der Waals surface area contributed by atoms with Crippen LogP contribution in [0.2, 0.25) is 0 Å². The number of piperidine rings is 1. The van der Waals surface area contributed by atoms with Gasteiger partial charge in [-0.25, -0.2) is 0 Å². The Hall–Kier alpha value is -1.22. The second-order valence-corrected chi connectivity index (χ2v) is 5.19. The van der Waals surface area contributed by atoms with Crippen molar-refractivity contribution in [2.24, 2.45) is 5.92 Å². The van der Waals surface area contributed by atoms with Crippen LogP contribution in [-0.2, 0) is 0 Å². The first-order valence-electron chi connectivity index (χ1n) is 6.27. The molecular formula is C14H18ClNO2. The number of aryl methyl sites for hydroxylation is 1. The smallest absolute Gasteiger partial charge is 0.257 e. The molecule has 3 nitrogen and oxygen atoms in total. The second kappa shape index (κ2) is 5.61. The molecule has 18 heavy (non-hydrogen) atoms. The minimum Gasteiger partial charge on any atom is -0.507 e. The molecule has 1 unspecified atom stereocenters. The van der Waals surface area contributed by atoms with Crippen molar-refractivity contribution in [1.82, 2.24) is 4.90 Å². The summed E-state index contributed by atoms with van der Waals surface area (Å²) in [5, 5.41) is 9.95. The molecule has 0 radical (unpaired) electrons. The quantitative estimate of drug-likeness (QED) is 0.837. The number of para-hydroxylation sites is 1. The molecule has 0 saturated carbocycles. The third-order valence-electron chi connectivity index (χ3n) is 3.49. The summed E-state index contributed by atoms with van der Waals surface area (Å²) in [6.07, 6.45) is 2.06. The molecule has 4 heteroatoms. The van der Waals surface area contributed by atoms with E-state index in [-0.39, 0.29) is 11.7 Å². The van der Waals surface area contributed by atoms with Crippen molar-refractivity contribution < 1.29 is 9.90 Å². The molecule has 1 aromatic carbocycles. The normalized spacial score (nSPS) is 19.9. The van der Waals surface area contributed by atoms with Gasteiger partial charge < -0.3 is 10.0 Å². The van der Waals surface area contributed by atoms with Crippen molar-refractivity contribution in [3.8, 4) is 5.75 Å². The minimum atomic E-state index is -0.0917. The molecule has 0 spiro atoms. The molecular weight excluding hydrogens is 250 g/mol.